The number of Topliss-reactive ketones (excluding diaryl/α,β-unsaturated/α-hetero) is 1. The van der Waals surface area contributed by atoms with Crippen LogP contribution in [0.15, 0.2) is 47.7 Å². The van der Waals surface area contributed by atoms with E-state index in [9.17, 15) is 9.18 Å². The van der Waals surface area contributed by atoms with E-state index in [1.807, 2.05) is 26.8 Å². The third-order valence-electron chi connectivity index (χ3n) is 3.69. The van der Waals surface area contributed by atoms with E-state index in [1.165, 1.54) is 12.1 Å². The van der Waals surface area contributed by atoms with Gasteiger partial charge in [0.1, 0.15) is 23.9 Å². The Morgan fingerprint density at radius 3 is 2.52 bits per heavy atom. The highest BCUT2D eigenvalue weighted by Gasteiger charge is 2.30. The van der Waals surface area contributed by atoms with Gasteiger partial charge in [-0.3, -0.25) is 4.79 Å². The molecule has 0 amide bonds. The number of carbonyl (C=O) groups excluding carboxylic acids is 1. The van der Waals surface area contributed by atoms with E-state index in [-0.39, 0.29) is 11.6 Å². The number of benzene rings is 2. The van der Waals surface area contributed by atoms with Crippen LogP contribution in [0.1, 0.15) is 35.3 Å². The van der Waals surface area contributed by atoms with Gasteiger partial charge >= 0.3 is 0 Å². The summed E-state index contributed by atoms with van der Waals surface area (Å²) in [6.07, 6.45) is 0. The predicted octanol–water partition coefficient (Wildman–Crippen LogP) is 4.58. The minimum absolute atomic E-state index is 0.0809. The highest BCUT2D eigenvalue weighted by atomic mass is 19.1. The minimum atomic E-state index is -0.275. The number of carbonyl (C=O) groups is 1. The van der Waals surface area contributed by atoms with Crippen molar-refractivity contribution < 1.29 is 18.7 Å². The van der Waals surface area contributed by atoms with Crippen molar-refractivity contribution in [1.82, 2.24) is 0 Å². The molecule has 0 N–H and O–H groups in total. The second kappa shape index (κ2) is 5.88. The second-order valence-corrected chi connectivity index (χ2v) is 5.79. The van der Waals surface area contributed by atoms with Crippen LogP contribution in [0, 0.1) is 12.7 Å². The largest absolute Gasteiger partial charge is 0.489 e. The van der Waals surface area contributed by atoms with Gasteiger partial charge in [-0.05, 0) is 55.7 Å². The van der Waals surface area contributed by atoms with Gasteiger partial charge in [0.15, 0.2) is 5.76 Å². The van der Waals surface area contributed by atoms with Crippen molar-refractivity contribution in [1.29, 1.82) is 0 Å². The molecule has 0 aromatic heterocycles. The number of rotatable bonds is 3. The maximum absolute atomic E-state index is 12.9. The lowest BCUT2D eigenvalue weighted by atomic mass is 10.0. The highest BCUT2D eigenvalue weighted by Crippen LogP contribution is 2.37. The molecule has 4 heteroatoms. The van der Waals surface area contributed by atoms with Crippen LogP contribution in [0.25, 0.3) is 0 Å². The number of hydrogen-bond donors (Lipinski definition) is 0. The van der Waals surface area contributed by atoms with E-state index in [1.54, 1.807) is 18.2 Å². The first-order valence-corrected chi connectivity index (χ1v) is 7.37. The summed E-state index contributed by atoms with van der Waals surface area (Å²) in [7, 11) is 0. The van der Waals surface area contributed by atoms with E-state index in [0.29, 0.717) is 29.4 Å². The molecule has 1 heterocycles. The van der Waals surface area contributed by atoms with Gasteiger partial charge in [-0.15, -0.1) is 0 Å². The van der Waals surface area contributed by atoms with Gasteiger partial charge in [0.05, 0.1) is 5.56 Å². The van der Waals surface area contributed by atoms with Crippen LogP contribution in [0.3, 0.4) is 0 Å². The van der Waals surface area contributed by atoms with Crippen LogP contribution in [0.4, 0.5) is 4.39 Å². The molecule has 1 aliphatic rings. The summed E-state index contributed by atoms with van der Waals surface area (Å²) < 4.78 is 24.3. The monoisotopic (exact) mass is 312 g/mol. The number of allylic oxidation sites excluding steroid dienone is 2. The van der Waals surface area contributed by atoms with Gasteiger partial charge in [0, 0.05) is 6.07 Å². The van der Waals surface area contributed by atoms with Crippen molar-refractivity contribution in [3.63, 3.8) is 0 Å². The molecule has 2 aromatic carbocycles. The average molecular weight is 312 g/mol. The van der Waals surface area contributed by atoms with E-state index in [2.05, 4.69) is 0 Å². The molecule has 23 heavy (non-hydrogen) atoms. The Balaban J connectivity index is 1.83. The lowest BCUT2D eigenvalue weighted by Crippen LogP contribution is -2.01. The second-order valence-electron chi connectivity index (χ2n) is 5.79. The van der Waals surface area contributed by atoms with Gasteiger partial charge < -0.3 is 9.47 Å². The SMILES string of the molecule is CC(C)=C1Oc2cc(OCc3ccc(F)cc3)cc(C)c2C1=O. The van der Waals surface area contributed by atoms with Crippen LogP contribution in [0.5, 0.6) is 11.5 Å². The third-order valence-corrected chi connectivity index (χ3v) is 3.69. The molecule has 0 saturated heterocycles. The topological polar surface area (TPSA) is 35.5 Å². The van der Waals surface area contributed by atoms with Crippen molar-refractivity contribution in [3.8, 4) is 11.5 Å². The third kappa shape index (κ3) is 2.97. The lowest BCUT2D eigenvalue weighted by molar-refractivity contribution is 0.101. The molecular weight excluding hydrogens is 295 g/mol. The fraction of sp³-hybridized carbons (Fsp3) is 0.211. The Kier molecular flexibility index (Phi) is 3.90. The smallest absolute Gasteiger partial charge is 0.232 e. The van der Waals surface area contributed by atoms with Crippen molar-refractivity contribution in [2.24, 2.45) is 0 Å². The van der Waals surface area contributed by atoms with Gasteiger partial charge in [-0.2, -0.15) is 0 Å². The summed E-state index contributed by atoms with van der Waals surface area (Å²) in [4.78, 5) is 12.3. The van der Waals surface area contributed by atoms with Gasteiger partial charge in [0.25, 0.3) is 0 Å². The summed E-state index contributed by atoms with van der Waals surface area (Å²) in [5, 5.41) is 0. The molecule has 3 nitrogen and oxygen atoms in total. The fourth-order valence-corrected chi connectivity index (χ4v) is 2.52. The standard InChI is InChI=1S/C19H17FO3/c1-11(2)19-18(21)17-12(3)8-15(9-16(17)23-19)22-10-13-4-6-14(20)7-5-13/h4-9H,10H2,1-3H3. The quantitative estimate of drug-likeness (QED) is 0.778. The van der Waals surface area contributed by atoms with Crippen molar-refractivity contribution >= 4 is 5.78 Å². The number of aryl methyl sites for hydroxylation is 1. The molecule has 0 radical (unpaired) electrons. The molecule has 118 valence electrons. The zero-order valence-electron chi connectivity index (χ0n) is 13.3. The number of hydrogen-bond acceptors (Lipinski definition) is 3. The number of fused-ring (bicyclic) bond motifs is 1. The van der Waals surface area contributed by atoms with Gasteiger partial charge in [0.2, 0.25) is 5.78 Å². The maximum Gasteiger partial charge on any atom is 0.232 e. The van der Waals surface area contributed by atoms with E-state index in [4.69, 9.17) is 9.47 Å². The van der Waals surface area contributed by atoms with Gasteiger partial charge in [-0.25, -0.2) is 4.39 Å². The number of halogens is 1. The summed E-state index contributed by atoms with van der Waals surface area (Å²) in [6.45, 7) is 5.88. The molecule has 0 saturated carbocycles. The lowest BCUT2D eigenvalue weighted by Gasteiger charge is -2.09. The zero-order valence-corrected chi connectivity index (χ0v) is 13.3. The summed E-state index contributed by atoms with van der Waals surface area (Å²) >= 11 is 0. The molecule has 0 bridgehead atoms. The molecule has 0 atom stereocenters. The predicted molar refractivity (Wildman–Crippen MR) is 85.2 cm³/mol. The Morgan fingerprint density at radius 1 is 1.17 bits per heavy atom. The average Bonchev–Trinajstić information content (AvgIpc) is 2.84. The van der Waals surface area contributed by atoms with Crippen LogP contribution in [0.2, 0.25) is 0 Å². The molecular formula is C19H17FO3. The molecule has 3 rings (SSSR count). The molecule has 0 spiro atoms. The van der Waals surface area contributed by atoms with E-state index < -0.39 is 0 Å². The highest BCUT2D eigenvalue weighted by molar-refractivity contribution is 6.13. The first kappa shape index (κ1) is 15.3. The molecule has 2 aromatic rings. The van der Waals surface area contributed by atoms with Crippen molar-refractivity contribution in [2.45, 2.75) is 27.4 Å². The van der Waals surface area contributed by atoms with Crippen LogP contribution in [-0.2, 0) is 6.61 Å². The first-order valence-electron chi connectivity index (χ1n) is 7.37. The Labute approximate surface area is 134 Å². The Morgan fingerprint density at radius 2 is 1.87 bits per heavy atom. The summed E-state index contributed by atoms with van der Waals surface area (Å²) in [5.41, 5.74) is 3.12. The van der Waals surface area contributed by atoms with Crippen LogP contribution >= 0.6 is 0 Å². The van der Waals surface area contributed by atoms with Crippen LogP contribution in [-0.4, -0.2) is 5.78 Å². The summed E-state index contributed by atoms with van der Waals surface area (Å²) in [6, 6.07) is 9.69. The van der Waals surface area contributed by atoms with E-state index >= 15 is 0 Å². The molecule has 1 aliphatic heterocycles. The minimum Gasteiger partial charge on any atom is -0.489 e. The molecule has 0 unspecified atom stereocenters. The Hall–Kier alpha value is -2.62. The number of ether oxygens (including phenoxy) is 2. The Bertz CT molecular complexity index is 800. The first-order chi connectivity index (χ1) is 11.0. The van der Waals surface area contributed by atoms with Crippen molar-refractivity contribution in [2.75, 3.05) is 0 Å². The molecule has 0 aliphatic carbocycles. The summed E-state index contributed by atoms with van der Waals surface area (Å²) in [5.74, 6) is 1.18. The van der Waals surface area contributed by atoms with E-state index in [0.717, 1.165) is 16.7 Å². The fourth-order valence-electron chi connectivity index (χ4n) is 2.52. The normalized spacial score (nSPS) is 12.9. The molecule has 0 fully saturated rings. The zero-order chi connectivity index (χ0) is 16.6. The number of ketones is 1. The van der Waals surface area contributed by atoms with Crippen molar-refractivity contribution in [3.05, 3.63) is 70.2 Å². The van der Waals surface area contributed by atoms with Crippen LogP contribution < -0.4 is 9.47 Å². The van der Waals surface area contributed by atoms with Gasteiger partial charge in [-0.1, -0.05) is 12.1 Å². The maximum atomic E-state index is 12.9.